The standard InChI is InChI=1S/C12H13BrN2/c1-3-9-4-6-10(7-5-9)12-11(13)8(2)14-15-12/h4-7H,3H2,1-2H3,(H,14,15). The number of rotatable bonds is 2. The lowest BCUT2D eigenvalue weighted by molar-refractivity contribution is 1.05. The van der Waals surface area contributed by atoms with Gasteiger partial charge in [0, 0.05) is 11.3 Å². The Balaban J connectivity index is 2.41. The summed E-state index contributed by atoms with van der Waals surface area (Å²) in [5, 5.41) is 7.24. The monoisotopic (exact) mass is 264 g/mol. The molecule has 2 nitrogen and oxygen atoms in total. The van der Waals surface area contributed by atoms with Crippen LogP contribution in [0.5, 0.6) is 0 Å². The lowest BCUT2D eigenvalue weighted by atomic mass is 10.1. The molecule has 2 aromatic rings. The van der Waals surface area contributed by atoms with Gasteiger partial charge in [-0.15, -0.1) is 0 Å². The molecule has 0 saturated carbocycles. The Morgan fingerprint density at radius 1 is 1.27 bits per heavy atom. The number of aryl methyl sites for hydroxylation is 2. The highest BCUT2D eigenvalue weighted by atomic mass is 79.9. The maximum absolute atomic E-state index is 4.27. The van der Waals surface area contributed by atoms with Crippen molar-refractivity contribution in [3.05, 3.63) is 40.0 Å². The summed E-state index contributed by atoms with van der Waals surface area (Å²) in [5.74, 6) is 0. The second-order valence-corrected chi connectivity index (χ2v) is 4.35. The molecule has 15 heavy (non-hydrogen) atoms. The van der Waals surface area contributed by atoms with Crippen molar-refractivity contribution in [1.29, 1.82) is 0 Å². The minimum Gasteiger partial charge on any atom is -0.281 e. The SMILES string of the molecule is CCc1ccc(-c2n[nH]c(C)c2Br)cc1. The fourth-order valence-corrected chi connectivity index (χ4v) is 1.91. The second kappa shape index (κ2) is 4.19. The van der Waals surface area contributed by atoms with Gasteiger partial charge in [-0.25, -0.2) is 0 Å². The van der Waals surface area contributed by atoms with Crippen LogP contribution in [0.2, 0.25) is 0 Å². The fraction of sp³-hybridized carbons (Fsp3) is 0.250. The molecule has 0 atom stereocenters. The van der Waals surface area contributed by atoms with Crippen LogP contribution >= 0.6 is 15.9 Å². The molecule has 0 spiro atoms. The summed E-state index contributed by atoms with van der Waals surface area (Å²) in [6.45, 7) is 4.16. The first kappa shape index (κ1) is 10.4. The van der Waals surface area contributed by atoms with Crippen LogP contribution in [0.15, 0.2) is 28.7 Å². The van der Waals surface area contributed by atoms with Crippen molar-refractivity contribution in [2.75, 3.05) is 0 Å². The van der Waals surface area contributed by atoms with Gasteiger partial charge < -0.3 is 0 Å². The highest BCUT2D eigenvalue weighted by molar-refractivity contribution is 9.10. The molecule has 0 aliphatic heterocycles. The maximum Gasteiger partial charge on any atom is 0.107 e. The summed E-state index contributed by atoms with van der Waals surface area (Å²) in [6, 6.07) is 8.51. The van der Waals surface area contributed by atoms with E-state index in [9.17, 15) is 0 Å². The topological polar surface area (TPSA) is 28.7 Å². The van der Waals surface area contributed by atoms with Gasteiger partial charge in [0.25, 0.3) is 0 Å². The van der Waals surface area contributed by atoms with E-state index >= 15 is 0 Å². The van der Waals surface area contributed by atoms with E-state index in [1.165, 1.54) is 5.56 Å². The Labute approximate surface area is 97.8 Å². The Bertz CT molecular complexity index is 457. The molecule has 0 fully saturated rings. The van der Waals surface area contributed by atoms with Gasteiger partial charge in [0.1, 0.15) is 5.69 Å². The van der Waals surface area contributed by atoms with Crippen LogP contribution in [0.4, 0.5) is 0 Å². The van der Waals surface area contributed by atoms with Crippen molar-refractivity contribution in [2.45, 2.75) is 20.3 Å². The molecular weight excluding hydrogens is 252 g/mol. The third-order valence-corrected chi connectivity index (χ3v) is 3.48. The van der Waals surface area contributed by atoms with Crippen molar-refractivity contribution in [2.24, 2.45) is 0 Å². The van der Waals surface area contributed by atoms with E-state index in [0.29, 0.717) is 0 Å². The molecule has 1 aromatic carbocycles. The van der Waals surface area contributed by atoms with Gasteiger partial charge in [-0.1, -0.05) is 31.2 Å². The number of hydrogen-bond acceptors (Lipinski definition) is 1. The average Bonchev–Trinajstić information content (AvgIpc) is 2.60. The number of aromatic nitrogens is 2. The highest BCUT2D eigenvalue weighted by Gasteiger charge is 2.08. The molecule has 2 rings (SSSR count). The van der Waals surface area contributed by atoms with Crippen molar-refractivity contribution in [1.82, 2.24) is 10.2 Å². The molecule has 1 aromatic heterocycles. The zero-order valence-electron chi connectivity index (χ0n) is 8.84. The normalized spacial score (nSPS) is 10.6. The van der Waals surface area contributed by atoms with Gasteiger partial charge in [0.05, 0.1) is 4.47 Å². The maximum atomic E-state index is 4.27. The number of nitrogens with zero attached hydrogens (tertiary/aromatic N) is 1. The van der Waals surface area contributed by atoms with Crippen molar-refractivity contribution < 1.29 is 0 Å². The molecule has 0 radical (unpaired) electrons. The minimum atomic E-state index is 0.982. The summed E-state index contributed by atoms with van der Waals surface area (Å²) in [5.41, 5.74) is 4.53. The van der Waals surface area contributed by atoms with Crippen LogP contribution in [0.25, 0.3) is 11.3 Å². The molecule has 78 valence electrons. The van der Waals surface area contributed by atoms with Gasteiger partial charge in [0.15, 0.2) is 0 Å². The smallest absolute Gasteiger partial charge is 0.107 e. The molecule has 0 amide bonds. The largest absolute Gasteiger partial charge is 0.281 e. The zero-order chi connectivity index (χ0) is 10.8. The molecule has 0 unspecified atom stereocenters. The predicted molar refractivity (Wildman–Crippen MR) is 65.8 cm³/mol. The predicted octanol–water partition coefficient (Wildman–Crippen LogP) is 3.71. The Hall–Kier alpha value is -1.09. The number of nitrogens with one attached hydrogen (secondary N) is 1. The lowest BCUT2D eigenvalue weighted by Gasteiger charge is -2.00. The third-order valence-electron chi connectivity index (χ3n) is 2.51. The number of benzene rings is 1. The van der Waals surface area contributed by atoms with E-state index < -0.39 is 0 Å². The molecule has 1 N–H and O–H groups in total. The average molecular weight is 265 g/mol. The van der Waals surface area contributed by atoms with E-state index in [2.05, 4.69) is 57.3 Å². The Kier molecular flexibility index (Phi) is 2.91. The van der Waals surface area contributed by atoms with E-state index in [4.69, 9.17) is 0 Å². The highest BCUT2D eigenvalue weighted by Crippen LogP contribution is 2.28. The second-order valence-electron chi connectivity index (χ2n) is 3.56. The number of hydrogen-bond donors (Lipinski definition) is 1. The van der Waals surface area contributed by atoms with Crippen LogP contribution in [-0.2, 0) is 6.42 Å². The van der Waals surface area contributed by atoms with E-state index in [1.807, 2.05) is 6.92 Å². The van der Waals surface area contributed by atoms with Crippen molar-refractivity contribution in [3.8, 4) is 11.3 Å². The fourth-order valence-electron chi connectivity index (χ4n) is 1.51. The van der Waals surface area contributed by atoms with Gasteiger partial charge >= 0.3 is 0 Å². The molecule has 0 aliphatic rings. The number of H-pyrrole nitrogens is 1. The first-order valence-electron chi connectivity index (χ1n) is 5.02. The van der Waals surface area contributed by atoms with Crippen LogP contribution in [0, 0.1) is 6.92 Å². The van der Waals surface area contributed by atoms with E-state index in [0.717, 1.165) is 27.8 Å². The molecule has 0 aliphatic carbocycles. The third kappa shape index (κ3) is 1.97. The molecule has 1 heterocycles. The van der Waals surface area contributed by atoms with Gasteiger partial charge in [0.2, 0.25) is 0 Å². The van der Waals surface area contributed by atoms with E-state index in [1.54, 1.807) is 0 Å². The minimum absolute atomic E-state index is 0.982. The summed E-state index contributed by atoms with van der Waals surface area (Å²) < 4.78 is 1.05. The van der Waals surface area contributed by atoms with E-state index in [-0.39, 0.29) is 0 Å². The van der Waals surface area contributed by atoms with Crippen molar-refractivity contribution >= 4 is 15.9 Å². The first-order chi connectivity index (χ1) is 7.22. The first-order valence-corrected chi connectivity index (χ1v) is 5.81. The lowest BCUT2D eigenvalue weighted by Crippen LogP contribution is -1.82. The Morgan fingerprint density at radius 2 is 1.93 bits per heavy atom. The molecule has 0 bridgehead atoms. The van der Waals surface area contributed by atoms with Crippen LogP contribution in [0.1, 0.15) is 18.2 Å². The summed E-state index contributed by atoms with van der Waals surface area (Å²) in [7, 11) is 0. The van der Waals surface area contributed by atoms with Crippen molar-refractivity contribution in [3.63, 3.8) is 0 Å². The summed E-state index contributed by atoms with van der Waals surface area (Å²) in [6.07, 6.45) is 1.07. The van der Waals surface area contributed by atoms with Gasteiger partial charge in [-0.2, -0.15) is 5.10 Å². The number of halogens is 1. The van der Waals surface area contributed by atoms with Crippen LogP contribution < -0.4 is 0 Å². The quantitative estimate of drug-likeness (QED) is 0.881. The molecular formula is C12H13BrN2. The number of aromatic amines is 1. The summed E-state index contributed by atoms with van der Waals surface area (Å²) in [4.78, 5) is 0. The van der Waals surface area contributed by atoms with Gasteiger partial charge in [-0.3, -0.25) is 5.10 Å². The summed E-state index contributed by atoms with van der Waals surface area (Å²) >= 11 is 3.53. The zero-order valence-corrected chi connectivity index (χ0v) is 10.4. The van der Waals surface area contributed by atoms with Gasteiger partial charge in [-0.05, 0) is 34.8 Å². The van der Waals surface area contributed by atoms with Crippen LogP contribution in [0.3, 0.4) is 0 Å². The molecule has 0 saturated heterocycles. The Morgan fingerprint density at radius 3 is 2.40 bits per heavy atom. The van der Waals surface area contributed by atoms with Crippen LogP contribution in [-0.4, -0.2) is 10.2 Å². The molecule has 3 heteroatoms.